The van der Waals surface area contributed by atoms with Gasteiger partial charge in [-0.15, -0.1) is 0 Å². The van der Waals surface area contributed by atoms with E-state index >= 15 is 0 Å². The van der Waals surface area contributed by atoms with Gasteiger partial charge in [-0.25, -0.2) is 0 Å². The number of hydrogen-bond acceptors (Lipinski definition) is 3. The largest absolute Gasteiger partial charge is 0.384 e. The molecule has 18 heavy (non-hydrogen) atoms. The Morgan fingerprint density at radius 2 is 1.83 bits per heavy atom. The van der Waals surface area contributed by atoms with Crippen LogP contribution in [0.1, 0.15) is 18.1 Å². The number of aryl methyl sites for hydroxylation is 2. The third kappa shape index (κ3) is 3.00. The van der Waals surface area contributed by atoms with Gasteiger partial charge in [-0.2, -0.15) is 0 Å². The van der Waals surface area contributed by atoms with Crippen LogP contribution in [0.4, 0.5) is 17.1 Å². The molecule has 1 aromatic heterocycles. The van der Waals surface area contributed by atoms with Crippen LogP contribution in [0.3, 0.4) is 0 Å². The molecule has 2 aromatic rings. The normalized spacial score (nSPS) is 10.2. The van der Waals surface area contributed by atoms with E-state index in [1.54, 1.807) is 0 Å². The van der Waals surface area contributed by atoms with Crippen molar-refractivity contribution in [2.24, 2.45) is 0 Å². The molecule has 0 saturated heterocycles. The molecular formula is C15H19N3. The number of rotatable bonds is 4. The lowest BCUT2D eigenvalue weighted by Crippen LogP contribution is -1.99. The first-order chi connectivity index (χ1) is 8.69. The number of nitrogens with one attached hydrogen (secondary N) is 2. The first-order valence-corrected chi connectivity index (χ1v) is 6.22. The minimum absolute atomic E-state index is 0.898. The number of aromatic nitrogens is 1. The summed E-state index contributed by atoms with van der Waals surface area (Å²) >= 11 is 0. The van der Waals surface area contributed by atoms with Crippen molar-refractivity contribution in [1.29, 1.82) is 0 Å². The van der Waals surface area contributed by atoms with Crippen molar-refractivity contribution in [3.8, 4) is 0 Å². The maximum Gasteiger partial charge on any atom is 0.0591 e. The van der Waals surface area contributed by atoms with Crippen LogP contribution < -0.4 is 10.6 Å². The van der Waals surface area contributed by atoms with Gasteiger partial charge in [0.05, 0.1) is 23.8 Å². The minimum atomic E-state index is 0.898. The highest BCUT2D eigenvalue weighted by Gasteiger charge is 2.00. The first-order valence-electron chi connectivity index (χ1n) is 6.22. The quantitative estimate of drug-likeness (QED) is 0.853. The van der Waals surface area contributed by atoms with Gasteiger partial charge in [0.15, 0.2) is 0 Å². The molecule has 1 heterocycles. The van der Waals surface area contributed by atoms with Crippen molar-refractivity contribution in [2.75, 3.05) is 17.2 Å². The molecular weight excluding hydrogens is 222 g/mol. The Hall–Kier alpha value is -2.03. The molecule has 0 aliphatic carbocycles. The molecule has 1 aromatic carbocycles. The van der Waals surface area contributed by atoms with E-state index in [1.165, 1.54) is 11.1 Å². The molecule has 2 N–H and O–H groups in total. The standard InChI is InChI=1S/C15H19N3/c1-4-17-13-8-14(10-16-9-13)18-15-6-5-11(2)7-12(15)3/h5-10,17-18H,4H2,1-3H3. The molecule has 0 unspecified atom stereocenters. The first kappa shape index (κ1) is 12.4. The van der Waals surface area contributed by atoms with Gasteiger partial charge in [-0.05, 0) is 38.5 Å². The van der Waals surface area contributed by atoms with Crippen LogP contribution in [0.5, 0.6) is 0 Å². The maximum absolute atomic E-state index is 4.22. The van der Waals surface area contributed by atoms with Crippen molar-refractivity contribution >= 4 is 17.1 Å². The lowest BCUT2D eigenvalue weighted by atomic mass is 10.1. The van der Waals surface area contributed by atoms with E-state index in [4.69, 9.17) is 0 Å². The van der Waals surface area contributed by atoms with Crippen LogP contribution in [0.2, 0.25) is 0 Å². The molecule has 2 rings (SSSR count). The van der Waals surface area contributed by atoms with Crippen molar-refractivity contribution in [3.63, 3.8) is 0 Å². The number of hydrogen-bond donors (Lipinski definition) is 2. The summed E-state index contributed by atoms with van der Waals surface area (Å²) in [6.45, 7) is 7.18. The van der Waals surface area contributed by atoms with Gasteiger partial charge in [0, 0.05) is 12.2 Å². The van der Waals surface area contributed by atoms with Crippen LogP contribution in [-0.4, -0.2) is 11.5 Å². The van der Waals surface area contributed by atoms with Crippen molar-refractivity contribution < 1.29 is 0 Å². The molecule has 0 amide bonds. The Labute approximate surface area is 108 Å². The SMILES string of the molecule is CCNc1cncc(Nc2ccc(C)cc2C)c1. The van der Waals surface area contributed by atoms with E-state index in [-0.39, 0.29) is 0 Å². The fourth-order valence-corrected chi connectivity index (χ4v) is 1.92. The fourth-order valence-electron chi connectivity index (χ4n) is 1.92. The summed E-state index contributed by atoms with van der Waals surface area (Å²) < 4.78 is 0. The molecule has 0 atom stereocenters. The average Bonchev–Trinajstić information content (AvgIpc) is 2.34. The van der Waals surface area contributed by atoms with Crippen molar-refractivity contribution in [3.05, 3.63) is 47.8 Å². The van der Waals surface area contributed by atoms with Crippen LogP contribution >= 0.6 is 0 Å². The highest BCUT2D eigenvalue weighted by Crippen LogP contribution is 2.22. The smallest absolute Gasteiger partial charge is 0.0591 e. The number of benzene rings is 1. The van der Waals surface area contributed by atoms with E-state index in [9.17, 15) is 0 Å². The zero-order valence-electron chi connectivity index (χ0n) is 11.1. The second-order valence-electron chi connectivity index (χ2n) is 4.44. The Morgan fingerprint density at radius 1 is 1.06 bits per heavy atom. The van der Waals surface area contributed by atoms with Gasteiger partial charge >= 0.3 is 0 Å². The highest BCUT2D eigenvalue weighted by atomic mass is 14.9. The zero-order chi connectivity index (χ0) is 13.0. The lowest BCUT2D eigenvalue weighted by molar-refractivity contribution is 1.19. The second-order valence-corrected chi connectivity index (χ2v) is 4.44. The number of anilines is 3. The fraction of sp³-hybridized carbons (Fsp3) is 0.267. The van der Waals surface area contributed by atoms with Crippen LogP contribution in [0, 0.1) is 13.8 Å². The van der Waals surface area contributed by atoms with Gasteiger partial charge in [0.25, 0.3) is 0 Å². The second kappa shape index (κ2) is 5.54. The van der Waals surface area contributed by atoms with Gasteiger partial charge < -0.3 is 10.6 Å². The predicted octanol–water partition coefficient (Wildman–Crippen LogP) is 3.87. The Morgan fingerprint density at radius 3 is 2.56 bits per heavy atom. The number of pyridine rings is 1. The topological polar surface area (TPSA) is 37.0 Å². The molecule has 3 nitrogen and oxygen atoms in total. The van der Waals surface area contributed by atoms with Gasteiger partial charge in [0.1, 0.15) is 0 Å². The summed E-state index contributed by atoms with van der Waals surface area (Å²) in [5, 5.41) is 6.65. The molecule has 0 spiro atoms. The highest BCUT2D eigenvalue weighted by molar-refractivity contribution is 5.65. The number of nitrogens with zero attached hydrogens (tertiary/aromatic N) is 1. The third-order valence-electron chi connectivity index (χ3n) is 2.78. The summed E-state index contributed by atoms with van der Waals surface area (Å²) in [5.41, 5.74) is 5.67. The van der Waals surface area contributed by atoms with Crippen LogP contribution in [-0.2, 0) is 0 Å². The van der Waals surface area contributed by atoms with Crippen molar-refractivity contribution in [2.45, 2.75) is 20.8 Å². The van der Waals surface area contributed by atoms with E-state index in [2.05, 4.69) is 60.7 Å². The summed E-state index contributed by atoms with van der Waals surface area (Å²) in [6, 6.07) is 8.45. The van der Waals surface area contributed by atoms with Crippen LogP contribution in [0.25, 0.3) is 0 Å². The molecule has 0 radical (unpaired) electrons. The Kier molecular flexibility index (Phi) is 3.82. The van der Waals surface area contributed by atoms with Crippen LogP contribution in [0.15, 0.2) is 36.7 Å². The predicted molar refractivity (Wildman–Crippen MR) is 77.6 cm³/mol. The summed E-state index contributed by atoms with van der Waals surface area (Å²) in [5.74, 6) is 0. The summed E-state index contributed by atoms with van der Waals surface area (Å²) in [7, 11) is 0. The maximum atomic E-state index is 4.22. The average molecular weight is 241 g/mol. The summed E-state index contributed by atoms with van der Waals surface area (Å²) in [4.78, 5) is 4.22. The minimum Gasteiger partial charge on any atom is -0.384 e. The van der Waals surface area contributed by atoms with Gasteiger partial charge in [-0.3, -0.25) is 4.98 Å². The van der Waals surface area contributed by atoms with Crippen molar-refractivity contribution in [1.82, 2.24) is 4.98 Å². The van der Waals surface area contributed by atoms with E-state index < -0.39 is 0 Å². The zero-order valence-corrected chi connectivity index (χ0v) is 11.1. The monoisotopic (exact) mass is 241 g/mol. The molecule has 0 saturated carbocycles. The molecule has 3 heteroatoms. The lowest BCUT2D eigenvalue weighted by Gasteiger charge is -2.11. The van der Waals surface area contributed by atoms with Gasteiger partial charge in [-0.1, -0.05) is 17.7 Å². The molecule has 0 aliphatic heterocycles. The Balaban J connectivity index is 2.20. The molecule has 0 bridgehead atoms. The third-order valence-corrected chi connectivity index (χ3v) is 2.78. The molecule has 0 aliphatic rings. The van der Waals surface area contributed by atoms with Gasteiger partial charge in [0.2, 0.25) is 0 Å². The summed E-state index contributed by atoms with van der Waals surface area (Å²) in [6.07, 6.45) is 3.66. The van der Waals surface area contributed by atoms with E-state index in [0.717, 1.165) is 23.6 Å². The molecule has 94 valence electrons. The van der Waals surface area contributed by atoms with E-state index in [0.29, 0.717) is 0 Å². The molecule has 0 fully saturated rings. The Bertz CT molecular complexity index is 535. The van der Waals surface area contributed by atoms with E-state index in [1.807, 2.05) is 12.4 Å².